The highest BCUT2D eigenvalue weighted by Crippen LogP contribution is 2.41. The summed E-state index contributed by atoms with van der Waals surface area (Å²) in [6.45, 7) is -0.0535. The van der Waals surface area contributed by atoms with Gasteiger partial charge in [-0.05, 0) is 43.0 Å². The number of ether oxygens (including phenoxy) is 3. The molecule has 0 spiro atoms. The topological polar surface area (TPSA) is 145 Å². The minimum atomic E-state index is -4.02. The first-order valence-corrected chi connectivity index (χ1v) is 13.6. The Morgan fingerprint density at radius 2 is 1.76 bits per heavy atom. The van der Waals surface area contributed by atoms with E-state index in [2.05, 4.69) is 24.4 Å². The lowest BCUT2D eigenvalue weighted by atomic mass is 9.90. The number of aliphatic hydroxyl groups is 1. The first-order valence-electron chi connectivity index (χ1n) is 12.1. The lowest BCUT2D eigenvalue weighted by molar-refractivity contribution is 0.192. The van der Waals surface area contributed by atoms with Gasteiger partial charge in [0.2, 0.25) is 5.75 Å². The van der Waals surface area contributed by atoms with Crippen LogP contribution in [-0.2, 0) is 10.2 Å². The molecule has 1 aliphatic carbocycles. The highest BCUT2D eigenvalue weighted by atomic mass is 32.2. The summed E-state index contributed by atoms with van der Waals surface area (Å²) in [6, 6.07) is 10.2. The van der Waals surface area contributed by atoms with E-state index in [1.54, 1.807) is 48.8 Å². The molecule has 12 heteroatoms. The Morgan fingerprint density at radius 3 is 2.46 bits per heavy atom. The van der Waals surface area contributed by atoms with Gasteiger partial charge in [0.15, 0.2) is 23.1 Å². The molecule has 3 N–H and O–H groups in total. The van der Waals surface area contributed by atoms with Crippen molar-refractivity contribution in [1.29, 1.82) is 0 Å². The molecule has 37 heavy (non-hydrogen) atoms. The molecule has 1 aliphatic rings. The standard InChI is InChI=1S/C25H31N5O6S/c1-34-20-9-5-6-10-21(20)36-22-24(30-37(32,33)27-17-18-7-3-2-4-8-18)28-23(19-11-13-26-14-12-19)29-25(22)35-16-15-31/h5-6,9-14,18,27,31H,2-4,7-8,15-17H2,1H3,(H,28,29,30). The van der Waals surface area contributed by atoms with E-state index in [1.165, 1.54) is 13.5 Å². The van der Waals surface area contributed by atoms with Crippen LogP contribution in [0.2, 0.25) is 0 Å². The van der Waals surface area contributed by atoms with Crippen molar-refractivity contribution in [1.82, 2.24) is 19.7 Å². The molecular weight excluding hydrogens is 498 g/mol. The maximum Gasteiger partial charge on any atom is 0.300 e. The van der Waals surface area contributed by atoms with Gasteiger partial charge < -0.3 is 19.3 Å². The summed E-state index contributed by atoms with van der Waals surface area (Å²) in [5.74, 6) is 0.943. The van der Waals surface area contributed by atoms with E-state index in [-0.39, 0.29) is 42.4 Å². The Balaban J connectivity index is 1.73. The number of rotatable bonds is 12. The molecule has 0 unspecified atom stereocenters. The largest absolute Gasteiger partial charge is 0.493 e. The smallest absolute Gasteiger partial charge is 0.300 e. The molecule has 0 saturated heterocycles. The Hall–Kier alpha value is -3.48. The minimum absolute atomic E-state index is 0.0493. The van der Waals surface area contributed by atoms with E-state index < -0.39 is 10.2 Å². The first kappa shape index (κ1) is 26.6. The number of benzene rings is 1. The number of nitrogens with zero attached hydrogens (tertiary/aromatic N) is 3. The van der Waals surface area contributed by atoms with E-state index in [9.17, 15) is 13.5 Å². The molecule has 0 amide bonds. The van der Waals surface area contributed by atoms with Crippen LogP contribution >= 0.6 is 0 Å². The number of nitrogens with one attached hydrogen (secondary N) is 2. The summed E-state index contributed by atoms with van der Waals surface area (Å²) in [6.07, 6.45) is 8.50. The van der Waals surface area contributed by atoms with Crippen LogP contribution in [0.1, 0.15) is 32.1 Å². The van der Waals surface area contributed by atoms with E-state index in [4.69, 9.17) is 14.2 Å². The van der Waals surface area contributed by atoms with Crippen LogP contribution in [0.3, 0.4) is 0 Å². The van der Waals surface area contributed by atoms with Gasteiger partial charge in [-0.25, -0.2) is 4.98 Å². The highest BCUT2D eigenvalue weighted by molar-refractivity contribution is 7.90. The fourth-order valence-electron chi connectivity index (χ4n) is 4.06. The summed E-state index contributed by atoms with van der Waals surface area (Å²) >= 11 is 0. The number of hydrogen-bond donors (Lipinski definition) is 3. The maximum atomic E-state index is 13.1. The third-order valence-corrected chi connectivity index (χ3v) is 6.91. The van der Waals surface area contributed by atoms with Crippen molar-refractivity contribution in [2.24, 2.45) is 5.92 Å². The van der Waals surface area contributed by atoms with Gasteiger partial charge in [-0.2, -0.15) is 18.1 Å². The van der Waals surface area contributed by atoms with Gasteiger partial charge >= 0.3 is 0 Å². The normalized spacial score (nSPS) is 14.2. The average Bonchev–Trinajstić information content (AvgIpc) is 2.93. The van der Waals surface area contributed by atoms with Gasteiger partial charge in [-0.1, -0.05) is 31.4 Å². The molecule has 0 atom stereocenters. The monoisotopic (exact) mass is 529 g/mol. The molecule has 0 bridgehead atoms. The molecule has 3 aromatic rings. The molecular formula is C25H31N5O6S. The van der Waals surface area contributed by atoms with Gasteiger partial charge in [0.25, 0.3) is 16.1 Å². The lowest BCUT2D eigenvalue weighted by Crippen LogP contribution is -2.35. The fraction of sp³-hybridized carbons (Fsp3) is 0.400. The van der Waals surface area contributed by atoms with Crippen LogP contribution in [0, 0.1) is 5.92 Å². The predicted octanol–water partition coefficient (Wildman–Crippen LogP) is 3.54. The molecule has 2 aromatic heterocycles. The van der Waals surface area contributed by atoms with E-state index in [0.29, 0.717) is 23.6 Å². The zero-order chi connectivity index (χ0) is 26.1. The van der Waals surface area contributed by atoms with Crippen molar-refractivity contribution in [3.05, 3.63) is 48.8 Å². The van der Waals surface area contributed by atoms with Crippen LogP contribution in [0.25, 0.3) is 11.4 Å². The molecule has 0 radical (unpaired) electrons. The second-order valence-electron chi connectivity index (χ2n) is 8.55. The Kier molecular flexibility index (Phi) is 9.09. The van der Waals surface area contributed by atoms with Crippen LogP contribution in [-0.4, -0.2) is 55.3 Å². The van der Waals surface area contributed by atoms with Crippen molar-refractivity contribution in [3.63, 3.8) is 0 Å². The molecule has 1 saturated carbocycles. The van der Waals surface area contributed by atoms with E-state index in [0.717, 1.165) is 25.7 Å². The third-order valence-electron chi connectivity index (χ3n) is 5.90. The van der Waals surface area contributed by atoms with Gasteiger partial charge in [-0.15, -0.1) is 0 Å². The molecule has 1 aromatic carbocycles. The zero-order valence-electron chi connectivity index (χ0n) is 20.6. The number of aliphatic hydroxyl groups excluding tert-OH is 1. The summed E-state index contributed by atoms with van der Waals surface area (Å²) in [5.41, 5.74) is 0.586. The summed E-state index contributed by atoms with van der Waals surface area (Å²) in [5, 5.41) is 9.37. The summed E-state index contributed by atoms with van der Waals surface area (Å²) < 4.78 is 48.4. The second kappa shape index (κ2) is 12.7. The predicted molar refractivity (Wildman–Crippen MR) is 138 cm³/mol. The third kappa shape index (κ3) is 7.28. The van der Waals surface area contributed by atoms with Crippen molar-refractivity contribution in [2.45, 2.75) is 32.1 Å². The van der Waals surface area contributed by atoms with Gasteiger partial charge in [0.05, 0.1) is 13.7 Å². The van der Waals surface area contributed by atoms with E-state index in [1.807, 2.05) is 0 Å². The van der Waals surface area contributed by atoms with Gasteiger partial charge in [0, 0.05) is 24.5 Å². The number of aromatic nitrogens is 3. The van der Waals surface area contributed by atoms with E-state index >= 15 is 0 Å². The van der Waals surface area contributed by atoms with Crippen LogP contribution in [0.5, 0.6) is 23.1 Å². The van der Waals surface area contributed by atoms with Crippen LogP contribution in [0.15, 0.2) is 48.8 Å². The average molecular weight is 530 g/mol. The van der Waals surface area contributed by atoms with Crippen molar-refractivity contribution in [2.75, 3.05) is 31.6 Å². The summed E-state index contributed by atoms with van der Waals surface area (Å²) in [4.78, 5) is 12.9. The Labute approximate surface area is 216 Å². The fourth-order valence-corrected chi connectivity index (χ4v) is 4.98. The quantitative estimate of drug-likeness (QED) is 0.321. The Bertz CT molecular complexity index is 1270. The van der Waals surface area contributed by atoms with Crippen molar-refractivity contribution < 1.29 is 27.7 Å². The molecule has 4 rings (SSSR count). The molecule has 2 heterocycles. The first-order chi connectivity index (χ1) is 18.0. The number of pyridine rings is 1. The number of methoxy groups -OCH3 is 1. The van der Waals surface area contributed by atoms with Crippen LogP contribution < -0.4 is 23.7 Å². The SMILES string of the molecule is COc1ccccc1Oc1c(NS(=O)(=O)NCC2CCCCC2)nc(-c2ccncc2)nc1OCCO. The molecule has 198 valence electrons. The van der Waals surface area contributed by atoms with Gasteiger partial charge in [-0.3, -0.25) is 9.71 Å². The van der Waals surface area contributed by atoms with Gasteiger partial charge in [0.1, 0.15) is 6.61 Å². The number of hydrogen-bond acceptors (Lipinski definition) is 9. The lowest BCUT2D eigenvalue weighted by Gasteiger charge is -2.22. The van der Waals surface area contributed by atoms with Crippen molar-refractivity contribution >= 4 is 16.0 Å². The second-order valence-corrected chi connectivity index (χ2v) is 10.0. The summed E-state index contributed by atoms with van der Waals surface area (Å²) in [7, 11) is -2.53. The zero-order valence-corrected chi connectivity index (χ0v) is 21.4. The van der Waals surface area contributed by atoms with Crippen molar-refractivity contribution in [3.8, 4) is 34.5 Å². The number of anilines is 1. The molecule has 11 nitrogen and oxygen atoms in total. The van der Waals surface area contributed by atoms with Crippen LogP contribution in [0.4, 0.5) is 5.82 Å². The minimum Gasteiger partial charge on any atom is -0.493 e. The molecule has 0 aliphatic heterocycles. The highest BCUT2D eigenvalue weighted by Gasteiger charge is 2.25. The number of para-hydroxylation sites is 2. The maximum absolute atomic E-state index is 13.1. The Morgan fingerprint density at radius 1 is 1.03 bits per heavy atom. The molecule has 1 fully saturated rings.